The van der Waals surface area contributed by atoms with Crippen molar-refractivity contribution in [2.75, 3.05) is 39.6 Å². The van der Waals surface area contributed by atoms with Crippen LogP contribution in [0.3, 0.4) is 0 Å². The number of hydrogen-bond donors (Lipinski definition) is 3. The van der Waals surface area contributed by atoms with E-state index in [1.54, 1.807) is 0 Å². The number of phosphoric ester groups is 2. The molecule has 3 N–H and O–H groups in total. The molecule has 0 saturated carbocycles. The summed E-state index contributed by atoms with van der Waals surface area (Å²) in [7, 11) is -9.94. The Kier molecular flexibility index (Phi) is 79.3. The highest BCUT2D eigenvalue weighted by Gasteiger charge is 2.30. The van der Waals surface area contributed by atoms with Crippen molar-refractivity contribution in [2.24, 2.45) is 5.92 Å². The molecule has 0 rings (SSSR count). The Morgan fingerprint density at radius 2 is 0.500 bits per heavy atom. The molecule has 2 unspecified atom stereocenters. The summed E-state index contributed by atoms with van der Waals surface area (Å²) in [5.41, 5.74) is 0. The van der Waals surface area contributed by atoms with Crippen LogP contribution in [0.5, 0.6) is 0 Å². The normalized spacial score (nSPS) is 13.9. The van der Waals surface area contributed by atoms with E-state index in [2.05, 4.69) is 58.9 Å². The molecule has 0 bridgehead atoms. The minimum atomic E-state index is -4.97. The van der Waals surface area contributed by atoms with Crippen LogP contribution in [0.1, 0.15) is 458 Å². The maximum absolute atomic E-state index is 13.2. The smallest absolute Gasteiger partial charge is 0.462 e. The monoisotopic (exact) mass is 1570 g/mol. The van der Waals surface area contributed by atoms with Crippen LogP contribution in [0, 0.1) is 5.92 Å². The number of esters is 4. The highest BCUT2D eigenvalue weighted by molar-refractivity contribution is 7.47. The lowest BCUT2D eigenvalue weighted by Gasteiger charge is -2.21. The Balaban J connectivity index is 5.25. The Labute approximate surface area is 663 Å². The third-order valence-corrected chi connectivity index (χ3v) is 22.3. The molecule has 0 aromatic rings. The Morgan fingerprint density at radius 3 is 0.759 bits per heavy atom. The second kappa shape index (κ2) is 81.1. The standard InChI is InChI=1S/C89H170O17P2/c1-6-9-12-15-18-21-24-27-30-32-34-36-37-39-41-44-47-50-53-60-65-70-75-88(93)105-84(78-99-86(91)72-67-62-57-51-48-45-43-40-38-35-33-31-28-25-22-19-16-13-10-7-2)80-103-107(95,96)101-76-83(90)77-102-108(97,98)104-81-85(79-100-87(92)73-68-63-58-55-54-56-61-66-71-82(4)5)106-89(94)74-69-64-59-52-49-46-42-29-26-23-20-17-14-11-8-3/h23,26,29,42,82-85,90H,6-22,24-25,27-28,30-41,43-81H2,1-5H3,(H,95,96)(H,97,98)/b26-23-,42-29-/t83-,84-,85-/m1/s1. The molecular weight excluding hydrogens is 1400 g/mol. The highest BCUT2D eigenvalue weighted by atomic mass is 31.2. The van der Waals surface area contributed by atoms with Gasteiger partial charge in [-0.25, -0.2) is 9.13 Å². The fourth-order valence-electron chi connectivity index (χ4n) is 13.5. The van der Waals surface area contributed by atoms with Gasteiger partial charge in [0.2, 0.25) is 0 Å². The number of carbonyl (C=O) groups is 4. The molecule has 0 fully saturated rings. The molecule has 0 spiro atoms. The van der Waals surface area contributed by atoms with E-state index in [4.69, 9.17) is 37.0 Å². The second-order valence-electron chi connectivity index (χ2n) is 31.8. The molecule has 0 amide bonds. The third kappa shape index (κ3) is 81.6. The van der Waals surface area contributed by atoms with Gasteiger partial charge in [0.1, 0.15) is 19.3 Å². The minimum absolute atomic E-state index is 0.0850. The number of carbonyl (C=O) groups excluding carboxylic acids is 4. The Bertz CT molecular complexity index is 2140. The first-order chi connectivity index (χ1) is 52.5. The van der Waals surface area contributed by atoms with E-state index in [-0.39, 0.29) is 25.7 Å². The first kappa shape index (κ1) is 106. The molecule has 19 heteroatoms. The van der Waals surface area contributed by atoms with E-state index in [0.29, 0.717) is 25.7 Å². The fourth-order valence-corrected chi connectivity index (χ4v) is 15.0. The maximum atomic E-state index is 13.2. The fraction of sp³-hybridized carbons (Fsp3) is 0.910. The molecule has 17 nitrogen and oxygen atoms in total. The van der Waals surface area contributed by atoms with Crippen molar-refractivity contribution in [3.05, 3.63) is 24.3 Å². The van der Waals surface area contributed by atoms with Crippen LogP contribution in [0.25, 0.3) is 0 Å². The Morgan fingerprint density at radius 1 is 0.287 bits per heavy atom. The maximum Gasteiger partial charge on any atom is 0.472 e. The average molecular weight is 1570 g/mol. The molecule has 108 heavy (non-hydrogen) atoms. The van der Waals surface area contributed by atoms with Crippen molar-refractivity contribution in [1.82, 2.24) is 0 Å². The predicted molar refractivity (Wildman–Crippen MR) is 446 cm³/mol. The van der Waals surface area contributed by atoms with Gasteiger partial charge in [-0.2, -0.15) is 0 Å². The van der Waals surface area contributed by atoms with Crippen LogP contribution >= 0.6 is 15.6 Å². The van der Waals surface area contributed by atoms with Crippen LogP contribution < -0.4 is 0 Å². The molecular formula is C89H170O17P2. The summed E-state index contributed by atoms with van der Waals surface area (Å²) in [6, 6.07) is 0. The first-order valence-electron chi connectivity index (χ1n) is 45.5. The summed E-state index contributed by atoms with van der Waals surface area (Å²) in [6.45, 7) is 7.27. The summed E-state index contributed by atoms with van der Waals surface area (Å²) in [4.78, 5) is 73.3. The number of rotatable bonds is 87. The zero-order chi connectivity index (χ0) is 79.0. The van der Waals surface area contributed by atoms with Gasteiger partial charge in [-0.3, -0.25) is 37.3 Å². The van der Waals surface area contributed by atoms with Crippen molar-refractivity contribution in [2.45, 2.75) is 477 Å². The molecule has 0 aromatic carbocycles. The van der Waals surface area contributed by atoms with E-state index < -0.39 is 97.5 Å². The van der Waals surface area contributed by atoms with Gasteiger partial charge >= 0.3 is 39.5 Å². The molecule has 0 heterocycles. The van der Waals surface area contributed by atoms with Gasteiger partial charge in [0.25, 0.3) is 0 Å². The van der Waals surface area contributed by atoms with Crippen molar-refractivity contribution in [3.63, 3.8) is 0 Å². The van der Waals surface area contributed by atoms with Gasteiger partial charge in [0, 0.05) is 25.7 Å². The van der Waals surface area contributed by atoms with Gasteiger partial charge in [0.15, 0.2) is 12.2 Å². The van der Waals surface area contributed by atoms with Crippen molar-refractivity contribution in [1.29, 1.82) is 0 Å². The van der Waals surface area contributed by atoms with E-state index in [1.807, 2.05) is 0 Å². The first-order valence-corrected chi connectivity index (χ1v) is 48.4. The SMILES string of the molecule is CCCCCC/C=C\C=C/CCCCCCCC(=O)O[C@H](COC(=O)CCCCCCCCCCC(C)C)COP(=O)(O)OC[C@H](O)COP(=O)(O)OC[C@@H](COC(=O)CCCCCCCCCCCCCCCCCCCCCC)OC(=O)CCCCCCCCCCCCCCCCCCCCCCCC. The zero-order valence-corrected chi connectivity index (χ0v) is 72.3. The van der Waals surface area contributed by atoms with E-state index >= 15 is 0 Å². The van der Waals surface area contributed by atoms with E-state index in [1.165, 1.54) is 270 Å². The summed E-state index contributed by atoms with van der Waals surface area (Å²) in [5, 5.41) is 10.7. The molecule has 0 aliphatic rings. The molecule has 0 radical (unpaired) electrons. The summed E-state index contributed by atoms with van der Waals surface area (Å²) in [6.07, 6.45) is 78.8. The van der Waals surface area contributed by atoms with Crippen LogP contribution in [0.4, 0.5) is 0 Å². The summed E-state index contributed by atoms with van der Waals surface area (Å²) >= 11 is 0. The second-order valence-corrected chi connectivity index (χ2v) is 34.7. The lowest BCUT2D eigenvalue weighted by molar-refractivity contribution is -0.161. The van der Waals surface area contributed by atoms with Gasteiger partial charge < -0.3 is 33.8 Å². The molecule has 5 atom stereocenters. The Hall–Kier alpha value is -2.46. The molecule has 0 aliphatic carbocycles. The number of hydrogen-bond acceptors (Lipinski definition) is 15. The van der Waals surface area contributed by atoms with E-state index in [9.17, 15) is 43.2 Å². The van der Waals surface area contributed by atoms with Crippen LogP contribution in [0.15, 0.2) is 24.3 Å². The third-order valence-electron chi connectivity index (χ3n) is 20.4. The summed E-state index contributed by atoms with van der Waals surface area (Å²) < 4.78 is 68.9. The lowest BCUT2D eigenvalue weighted by Crippen LogP contribution is -2.30. The van der Waals surface area contributed by atoms with E-state index in [0.717, 1.165) is 109 Å². The predicted octanol–water partition coefficient (Wildman–Crippen LogP) is 27.1. The molecule has 0 saturated heterocycles. The van der Waals surface area contributed by atoms with Gasteiger partial charge in [0.05, 0.1) is 26.4 Å². The van der Waals surface area contributed by atoms with Gasteiger partial charge in [-0.15, -0.1) is 0 Å². The number of aliphatic hydroxyl groups is 1. The zero-order valence-electron chi connectivity index (χ0n) is 70.5. The number of unbranched alkanes of at least 4 members (excludes halogenated alkanes) is 56. The highest BCUT2D eigenvalue weighted by Crippen LogP contribution is 2.45. The molecule has 638 valence electrons. The topological polar surface area (TPSA) is 237 Å². The van der Waals surface area contributed by atoms with Crippen LogP contribution in [-0.2, 0) is 65.4 Å². The van der Waals surface area contributed by atoms with Crippen molar-refractivity contribution >= 4 is 39.5 Å². The largest absolute Gasteiger partial charge is 0.472 e. The number of ether oxygens (including phenoxy) is 4. The summed E-state index contributed by atoms with van der Waals surface area (Å²) in [5.74, 6) is -1.41. The van der Waals surface area contributed by atoms with Gasteiger partial charge in [-0.05, 0) is 57.3 Å². The number of aliphatic hydroxyl groups excluding tert-OH is 1. The van der Waals surface area contributed by atoms with Gasteiger partial charge in [-0.1, -0.05) is 406 Å². The quantitative estimate of drug-likeness (QED) is 0.0169. The average Bonchev–Trinajstić information content (AvgIpc) is 0.898. The number of allylic oxidation sites excluding steroid dienone is 4. The van der Waals surface area contributed by atoms with Crippen LogP contribution in [0.2, 0.25) is 0 Å². The lowest BCUT2D eigenvalue weighted by atomic mass is 10.0. The van der Waals surface area contributed by atoms with Crippen LogP contribution in [-0.4, -0.2) is 96.7 Å². The van der Waals surface area contributed by atoms with Crippen molar-refractivity contribution in [3.8, 4) is 0 Å². The molecule has 0 aromatic heterocycles. The minimum Gasteiger partial charge on any atom is -0.462 e. The van der Waals surface area contributed by atoms with Crippen molar-refractivity contribution < 1.29 is 80.2 Å². The number of phosphoric acid groups is 2. The molecule has 0 aliphatic heterocycles.